The Morgan fingerprint density at radius 2 is 0.750 bits per heavy atom. The normalized spacial score (nSPS) is 15.6. The summed E-state index contributed by atoms with van der Waals surface area (Å²) in [6.45, 7) is -2.18. The molecule has 0 heterocycles. The number of carbonyl (C=O) groups is 1. The van der Waals surface area contributed by atoms with Gasteiger partial charge >= 0.3 is 77.5 Å². The van der Waals surface area contributed by atoms with Crippen LogP contribution < -0.4 is 0 Å². The molecule has 0 bridgehead atoms. The van der Waals surface area contributed by atoms with E-state index in [0.717, 1.165) is 0 Å². The molecule has 0 saturated carbocycles. The molecule has 0 radical (unpaired) electrons. The molecule has 304 valence electrons. The number of esters is 1. The van der Waals surface area contributed by atoms with E-state index < -0.39 is 113 Å². The smallest absolute Gasteiger partial charge is 0.460 e. The predicted octanol–water partition coefficient (Wildman–Crippen LogP) is 11.2. The SMILES string of the molecule is O=C(OCCC(F)(F)C(F)(F)C(F)(F)C(F)(F)C(F)(F)C(F)(F)F)c1ccc(SCCC(F)(F)C(F)(F)C(F)(F)C(F)(F)C(F)(F)C(F)(F)F)cc1. The van der Waals surface area contributed by atoms with Gasteiger partial charge in [-0.25, -0.2) is 4.79 Å². The summed E-state index contributed by atoms with van der Waals surface area (Å²) in [7, 11) is 0. The molecule has 2 nitrogen and oxygen atoms in total. The van der Waals surface area contributed by atoms with Gasteiger partial charge in [-0.15, -0.1) is 11.8 Å². The fraction of sp³-hybridized carbons (Fsp3) is 0.696. The van der Waals surface area contributed by atoms with Crippen molar-refractivity contribution in [2.45, 2.75) is 89.3 Å². The van der Waals surface area contributed by atoms with Crippen molar-refractivity contribution in [1.29, 1.82) is 0 Å². The molecule has 1 rings (SSSR count). The van der Waals surface area contributed by atoms with Gasteiger partial charge in [0.25, 0.3) is 0 Å². The van der Waals surface area contributed by atoms with Gasteiger partial charge in [0.2, 0.25) is 0 Å². The molecule has 0 fully saturated rings. The van der Waals surface area contributed by atoms with Gasteiger partial charge in [-0.3, -0.25) is 0 Å². The second-order valence-corrected chi connectivity index (χ2v) is 11.2. The van der Waals surface area contributed by atoms with Crippen LogP contribution in [-0.2, 0) is 4.74 Å². The number of hydrogen-bond acceptors (Lipinski definition) is 3. The highest BCUT2D eigenvalue weighted by Crippen LogP contribution is 2.62. The van der Waals surface area contributed by atoms with Crippen molar-refractivity contribution in [3.05, 3.63) is 29.8 Å². The monoisotopic (exact) mass is 846 g/mol. The van der Waals surface area contributed by atoms with Gasteiger partial charge < -0.3 is 4.74 Å². The molecular formula is C23H12F26O2S. The third kappa shape index (κ3) is 7.60. The Balaban J connectivity index is 2.98. The Morgan fingerprint density at radius 3 is 1.08 bits per heavy atom. The zero-order valence-corrected chi connectivity index (χ0v) is 24.5. The van der Waals surface area contributed by atoms with Crippen LogP contribution >= 0.6 is 11.8 Å². The first-order chi connectivity index (χ1) is 22.6. The molecule has 0 saturated heterocycles. The van der Waals surface area contributed by atoms with E-state index in [0.29, 0.717) is 24.3 Å². The number of thioether (sulfide) groups is 1. The van der Waals surface area contributed by atoms with Crippen LogP contribution in [0.4, 0.5) is 114 Å². The molecule has 0 aliphatic carbocycles. The zero-order chi connectivity index (χ0) is 41.8. The van der Waals surface area contributed by atoms with Gasteiger partial charge in [0.1, 0.15) is 0 Å². The van der Waals surface area contributed by atoms with Gasteiger partial charge in [-0.2, -0.15) is 114 Å². The van der Waals surface area contributed by atoms with Crippen molar-refractivity contribution in [3.8, 4) is 0 Å². The van der Waals surface area contributed by atoms with E-state index in [1.165, 1.54) is 0 Å². The van der Waals surface area contributed by atoms with Crippen LogP contribution in [0.5, 0.6) is 0 Å². The number of halogens is 26. The van der Waals surface area contributed by atoms with Gasteiger partial charge in [0.15, 0.2) is 0 Å². The largest absolute Gasteiger partial charge is 0.462 e. The molecule has 0 aliphatic heterocycles. The Labute approximate surface area is 273 Å². The van der Waals surface area contributed by atoms with Gasteiger partial charge in [-0.1, -0.05) is 0 Å². The molecule has 29 heteroatoms. The minimum Gasteiger partial charge on any atom is -0.462 e. The Bertz CT molecular complexity index is 1390. The summed E-state index contributed by atoms with van der Waals surface area (Å²) in [5.74, 6) is -80.2. The highest BCUT2D eigenvalue weighted by atomic mass is 32.2. The summed E-state index contributed by atoms with van der Waals surface area (Å²) in [5, 5.41) is 0. The molecule has 1 aromatic carbocycles. The van der Waals surface area contributed by atoms with Crippen LogP contribution in [0, 0.1) is 0 Å². The van der Waals surface area contributed by atoms with Crippen molar-refractivity contribution in [3.63, 3.8) is 0 Å². The maximum Gasteiger partial charge on any atom is 0.460 e. The number of hydrogen-bond donors (Lipinski definition) is 0. The summed E-state index contributed by atoms with van der Waals surface area (Å²) in [4.78, 5) is 11.4. The molecule has 0 unspecified atom stereocenters. The Kier molecular flexibility index (Phi) is 12.6. The van der Waals surface area contributed by atoms with Crippen molar-refractivity contribution in [2.75, 3.05) is 12.4 Å². The lowest BCUT2D eigenvalue weighted by Gasteiger charge is -2.39. The number of carbonyl (C=O) groups excluding carboxylic acids is 1. The first kappa shape index (κ1) is 47.2. The van der Waals surface area contributed by atoms with Gasteiger partial charge in [0, 0.05) is 17.1 Å². The minimum atomic E-state index is -8.19. The van der Waals surface area contributed by atoms with E-state index in [1.54, 1.807) is 0 Å². The fourth-order valence-electron chi connectivity index (χ4n) is 3.26. The van der Waals surface area contributed by atoms with E-state index >= 15 is 0 Å². The van der Waals surface area contributed by atoms with E-state index in [2.05, 4.69) is 4.74 Å². The molecular weight excluding hydrogens is 834 g/mol. The molecule has 1 aromatic rings. The predicted molar refractivity (Wildman–Crippen MR) is 118 cm³/mol. The average molecular weight is 846 g/mol. The van der Waals surface area contributed by atoms with Crippen LogP contribution in [0.2, 0.25) is 0 Å². The molecule has 0 N–H and O–H groups in total. The summed E-state index contributed by atoms with van der Waals surface area (Å²) in [5.41, 5.74) is -0.912. The molecule has 0 aliphatic rings. The lowest BCUT2D eigenvalue weighted by Crippen LogP contribution is -2.70. The zero-order valence-electron chi connectivity index (χ0n) is 23.7. The van der Waals surface area contributed by atoms with Gasteiger partial charge in [0.05, 0.1) is 18.6 Å². The van der Waals surface area contributed by atoms with Crippen LogP contribution in [0.25, 0.3) is 0 Å². The van der Waals surface area contributed by atoms with Crippen molar-refractivity contribution >= 4 is 17.7 Å². The summed E-state index contributed by atoms with van der Waals surface area (Å²) in [6.07, 6.45) is -20.9. The molecule has 0 amide bonds. The van der Waals surface area contributed by atoms with Crippen LogP contribution in [0.3, 0.4) is 0 Å². The average Bonchev–Trinajstić information content (AvgIpc) is 2.95. The quantitative estimate of drug-likeness (QED) is 0.0942. The number of rotatable bonds is 16. The number of ether oxygens (including phenoxy) is 1. The van der Waals surface area contributed by atoms with E-state index in [-0.39, 0.29) is 11.8 Å². The number of alkyl halides is 26. The Morgan fingerprint density at radius 1 is 0.442 bits per heavy atom. The highest BCUT2D eigenvalue weighted by molar-refractivity contribution is 7.99. The lowest BCUT2D eigenvalue weighted by molar-refractivity contribution is -0.440. The maximum absolute atomic E-state index is 13.9. The van der Waals surface area contributed by atoms with Gasteiger partial charge in [-0.05, 0) is 24.3 Å². The van der Waals surface area contributed by atoms with Crippen molar-refractivity contribution < 1.29 is 124 Å². The summed E-state index contributed by atoms with van der Waals surface area (Å²) >= 11 is -0.122. The standard InChI is InChI=1S/C23H12F26O2S/c24-12(25,14(28,29)16(32,33)18(36,37)20(40,41)22(44,45)46)5-7-51-11(50)9-1-3-10(4-2-9)52-8-6-13(26,27)15(30,31)17(34,35)19(38,39)21(42,43)23(47,48)49/h1-4H,5-8H2. The first-order valence-electron chi connectivity index (χ1n) is 12.4. The molecule has 0 atom stereocenters. The van der Waals surface area contributed by atoms with E-state index in [1.807, 2.05) is 0 Å². The lowest BCUT2D eigenvalue weighted by atomic mass is 9.93. The fourth-order valence-corrected chi connectivity index (χ4v) is 4.18. The maximum atomic E-state index is 13.9. The summed E-state index contributed by atoms with van der Waals surface area (Å²) in [6, 6.07) is 2.00. The first-order valence-corrected chi connectivity index (χ1v) is 13.4. The minimum absolute atomic E-state index is 0.122. The second-order valence-electron chi connectivity index (χ2n) is 10.0. The summed E-state index contributed by atoms with van der Waals surface area (Å²) < 4.78 is 345. The van der Waals surface area contributed by atoms with Crippen molar-refractivity contribution in [2.24, 2.45) is 0 Å². The van der Waals surface area contributed by atoms with Crippen LogP contribution in [-0.4, -0.2) is 89.9 Å². The third-order valence-corrected chi connectivity index (χ3v) is 7.43. The van der Waals surface area contributed by atoms with Crippen LogP contribution in [0.1, 0.15) is 23.2 Å². The third-order valence-electron chi connectivity index (χ3n) is 6.42. The second kappa shape index (κ2) is 13.8. The van der Waals surface area contributed by atoms with Crippen molar-refractivity contribution in [1.82, 2.24) is 0 Å². The molecule has 0 spiro atoms. The molecule has 52 heavy (non-hydrogen) atoms. The Hall–Kier alpha value is -2.78. The van der Waals surface area contributed by atoms with Crippen LogP contribution in [0.15, 0.2) is 29.2 Å². The molecule has 0 aromatic heterocycles. The topological polar surface area (TPSA) is 26.3 Å². The van der Waals surface area contributed by atoms with E-state index in [4.69, 9.17) is 0 Å². The number of benzene rings is 1. The highest BCUT2D eigenvalue weighted by Gasteiger charge is 2.92. The van der Waals surface area contributed by atoms with E-state index in [9.17, 15) is 119 Å².